The minimum atomic E-state index is -8.72. The van der Waals surface area contributed by atoms with Gasteiger partial charge in [-0.2, -0.15) is 74.6 Å². The summed E-state index contributed by atoms with van der Waals surface area (Å²) >= 11 is 0. The van der Waals surface area contributed by atoms with Crippen molar-refractivity contribution in [3.63, 3.8) is 0 Å². The number of benzene rings is 2. The van der Waals surface area contributed by atoms with Crippen molar-refractivity contribution < 1.29 is 112 Å². The Bertz CT molecular complexity index is 2040. The number of amides is 1. The van der Waals surface area contributed by atoms with E-state index >= 15 is 8.78 Å². The summed E-state index contributed by atoms with van der Waals surface area (Å²) in [5.41, 5.74) is -1.76. The third-order valence-corrected chi connectivity index (χ3v) is 16.5. The average Bonchev–Trinajstić information content (AvgIpc) is 3.21. The van der Waals surface area contributed by atoms with Gasteiger partial charge < -0.3 is 18.6 Å². The molecule has 2 aromatic rings. The van der Waals surface area contributed by atoms with E-state index in [-0.39, 0.29) is 24.4 Å². The van der Waals surface area contributed by atoms with Gasteiger partial charge in [0.15, 0.2) is 8.32 Å². The van der Waals surface area contributed by atoms with E-state index in [2.05, 4.69) is 5.32 Å². The van der Waals surface area contributed by atoms with Gasteiger partial charge in [0, 0.05) is 24.0 Å². The number of carbonyl (C=O) groups excluding carboxylic acids is 2. The molecule has 2 atom stereocenters. The Morgan fingerprint density at radius 3 is 1.66 bits per heavy atom. The largest absolute Gasteiger partial charge is 0.491 e. The Kier molecular flexibility index (Phi) is 19.0. The molecule has 2 aromatic carbocycles. The number of nitrogens with one attached hydrogen (secondary N) is 1. The summed E-state index contributed by atoms with van der Waals surface area (Å²) in [6, 6.07) is 6.39. The number of carbonyl (C=O) groups is 2. The summed E-state index contributed by atoms with van der Waals surface area (Å²) in [6.45, 7) is 8.87. The SMILES string of the molecule is CCOC(=O)/C(C)=C/C[C@H](C)[C@H](OC(=O)Nc1ccc(F)cc1F)c1ccc(OCCO[Si](CCC(F)(F)C(F)(F)C(F)(F)C(F)(F)C(F)(F)C(F)(F)C(F)(F)C(F)(F)F)(C(C)C)C(C)C)cc1. The molecule has 0 aromatic heterocycles. The molecule has 0 saturated heterocycles. The van der Waals surface area contributed by atoms with Gasteiger partial charge in [0.1, 0.15) is 30.1 Å². The number of halogens is 19. The van der Waals surface area contributed by atoms with Crippen LogP contribution in [0, 0.1) is 17.6 Å². The molecule has 2 rings (SSSR count). The van der Waals surface area contributed by atoms with E-state index < -0.39 is 134 Å². The number of hydrogen-bond acceptors (Lipinski definition) is 6. The second-order valence-electron chi connectivity index (χ2n) is 16.1. The fourth-order valence-corrected chi connectivity index (χ4v) is 11.1. The number of hydrogen-bond donors (Lipinski definition) is 1. The summed E-state index contributed by atoms with van der Waals surface area (Å²) in [6.07, 6.45) is -11.1. The predicted octanol–water partition coefficient (Wildman–Crippen LogP) is 14.4. The van der Waals surface area contributed by atoms with Crippen LogP contribution >= 0.6 is 0 Å². The highest BCUT2D eigenvalue weighted by molar-refractivity contribution is 6.76. The monoisotopic (exact) mass is 1040 g/mol. The molecule has 0 bridgehead atoms. The van der Waals surface area contributed by atoms with Gasteiger partial charge in [-0.05, 0) is 67.2 Å². The molecule has 0 aliphatic carbocycles. The van der Waals surface area contributed by atoms with Gasteiger partial charge in [-0.25, -0.2) is 18.4 Å². The van der Waals surface area contributed by atoms with Crippen LogP contribution in [-0.4, -0.2) is 87.8 Å². The quantitative estimate of drug-likeness (QED) is 0.0371. The van der Waals surface area contributed by atoms with Gasteiger partial charge >= 0.3 is 59.7 Å². The normalized spacial score (nSPS) is 15.1. The third kappa shape index (κ3) is 12.1. The van der Waals surface area contributed by atoms with Gasteiger partial charge in [-0.1, -0.05) is 52.8 Å². The Morgan fingerprint density at radius 2 is 1.19 bits per heavy atom. The van der Waals surface area contributed by atoms with E-state index in [1.807, 2.05) is 0 Å². The first-order chi connectivity index (χ1) is 30.7. The van der Waals surface area contributed by atoms with Gasteiger partial charge in [0.05, 0.1) is 18.9 Å². The van der Waals surface area contributed by atoms with Crippen LogP contribution in [0.15, 0.2) is 54.1 Å². The summed E-state index contributed by atoms with van der Waals surface area (Å²) < 4.78 is 286. The maximum atomic E-state index is 15.0. The van der Waals surface area contributed by atoms with Gasteiger partial charge in [-0.3, -0.25) is 5.32 Å². The van der Waals surface area contributed by atoms with Crippen molar-refractivity contribution in [3.8, 4) is 5.75 Å². The minimum Gasteiger partial charge on any atom is -0.491 e. The Labute approximate surface area is 377 Å². The van der Waals surface area contributed by atoms with E-state index in [1.165, 1.54) is 65.0 Å². The molecule has 7 nitrogen and oxygen atoms in total. The lowest BCUT2D eigenvalue weighted by molar-refractivity contribution is -0.461. The lowest BCUT2D eigenvalue weighted by atomic mass is 9.88. The lowest BCUT2D eigenvalue weighted by Crippen LogP contribution is -2.74. The zero-order chi connectivity index (χ0) is 52.9. The molecule has 0 heterocycles. The molecule has 0 spiro atoms. The molecular formula is C41H46F19NO6Si. The molecule has 0 saturated carbocycles. The Morgan fingerprint density at radius 1 is 0.691 bits per heavy atom. The number of rotatable bonds is 24. The topological polar surface area (TPSA) is 83.1 Å². The maximum absolute atomic E-state index is 15.0. The maximum Gasteiger partial charge on any atom is 0.460 e. The Balaban J connectivity index is 2.33. The first-order valence-corrected chi connectivity index (χ1v) is 22.4. The minimum absolute atomic E-state index is 0.0470. The lowest BCUT2D eigenvalue weighted by Gasteiger charge is -2.44. The number of anilines is 1. The first-order valence-electron chi connectivity index (χ1n) is 20.1. The van der Waals surface area contributed by atoms with Crippen LogP contribution in [0.2, 0.25) is 17.1 Å². The average molecular weight is 1040 g/mol. The van der Waals surface area contributed by atoms with Crippen molar-refractivity contribution in [3.05, 3.63) is 71.3 Å². The van der Waals surface area contributed by atoms with Crippen LogP contribution in [0.3, 0.4) is 0 Å². The highest BCUT2D eigenvalue weighted by Gasteiger charge is 2.95. The molecule has 27 heteroatoms. The van der Waals surface area contributed by atoms with E-state index in [0.29, 0.717) is 11.6 Å². The zero-order valence-electron chi connectivity index (χ0n) is 36.8. The zero-order valence-corrected chi connectivity index (χ0v) is 37.8. The molecule has 1 N–H and O–H groups in total. The summed E-state index contributed by atoms with van der Waals surface area (Å²) in [4.78, 5) is 25.0. The Hall–Kier alpha value is -4.43. The van der Waals surface area contributed by atoms with Crippen LogP contribution in [0.1, 0.15) is 73.0 Å². The van der Waals surface area contributed by atoms with Crippen LogP contribution in [-0.2, 0) is 18.7 Å². The third-order valence-electron chi connectivity index (χ3n) is 10.8. The smallest absolute Gasteiger partial charge is 0.460 e. The summed E-state index contributed by atoms with van der Waals surface area (Å²) in [5.74, 6) is -60.2. The first kappa shape index (κ1) is 59.7. The molecule has 0 unspecified atom stereocenters. The highest BCUT2D eigenvalue weighted by Crippen LogP contribution is 2.64. The number of allylic oxidation sites excluding steroid dienone is 1. The number of alkyl halides is 17. The second-order valence-corrected chi connectivity index (χ2v) is 21.1. The molecule has 0 fully saturated rings. The van der Waals surface area contributed by atoms with E-state index in [0.717, 1.165) is 12.1 Å². The predicted molar refractivity (Wildman–Crippen MR) is 207 cm³/mol. The van der Waals surface area contributed by atoms with E-state index in [1.54, 1.807) is 13.8 Å². The van der Waals surface area contributed by atoms with Crippen LogP contribution in [0.25, 0.3) is 0 Å². The highest BCUT2D eigenvalue weighted by atomic mass is 28.4. The van der Waals surface area contributed by atoms with Crippen molar-refractivity contribution in [2.45, 2.75) is 132 Å². The molecule has 0 aliphatic rings. The molecule has 1 amide bonds. The molecule has 0 radical (unpaired) electrons. The summed E-state index contributed by atoms with van der Waals surface area (Å²) in [5, 5.41) is 2.15. The number of ether oxygens (including phenoxy) is 3. The van der Waals surface area contributed by atoms with E-state index in [4.69, 9.17) is 18.6 Å². The van der Waals surface area contributed by atoms with Gasteiger partial charge in [0.2, 0.25) is 0 Å². The van der Waals surface area contributed by atoms with Gasteiger partial charge in [-0.15, -0.1) is 0 Å². The standard InChI is InChI=1S/C41H46F19NO6Si/c1-8-64-32(62)25(7)10-9-24(6)31(67-33(63)61-30-16-13-27(42)21-29(30)43)26-11-14-28(15-12-26)65-18-19-66-68(22(2)3,23(4)5)20-17-34(44,45)35(46,47)36(48,49)37(50,51)38(52,53)39(54,55)40(56,57)41(58,59)60/h10-16,21-24,31H,8-9,17-20H2,1-7H3,(H,61,63)/b25-10+/t24-,31-/m0/s1. The fraction of sp³-hybridized carbons (Fsp3) is 0.610. The van der Waals surface area contributed by atoms with Crippen molar-refractivity contribution in [2.24, 2.45) is 5.92 Å². The molecule has 388 valence electrons. The fourth-order valence-electron chi connectivity index (χ4n) is 6.67. The molecule has 0 aliphatic heterocycles. The second kappa shape index (κ2) is 21.7. The van der Waals surface area contributed by atoms with Crippen molar-refractivity contribution in [1.82, 2.24) is 0 Å². The van der Waals surface area contributed by atoms with Crippen molar-refractivity contribution >= 4 is 26.1 Å². The summed E-state index contributed by atoms with van der Waals surface area (Å²) in [7, 11) is -4.06. The molecular weight excluding hydrogens is 992 g/mol. The number of esters is 1. The van der Waals surface area contributed by atoms with Crippen molar-refractivity contribution in [1.29, 1.82) is 0 Å². The van der Waals surface area contributed by atoms with Crippen LogP contribution < -0.4 is 10.1 Å². The van der Waals surface area contributed by atoms with E-state index in [9.17, 15) is 84.2 Å². The van der Waals surface area contributed by atoms with Crippen molar-refractivity contribution in [2.75, 3.05) is 25.1 Å². The van der Waals surface area contributed by atoms with Crippen LogP contribution in [0.5, 0.6) is 5.75 Å². The van der Waals surface area contributed by atoms with Crippen LogP contribution in [0.4, 0.5) is 93.9 Å². The van der Waals surface area contributed by atoms with Gasteiger partial charge in [0.25, 0.3) is 0 Å². The molecule has 68 heavy (non-hydrogen) atoms.